The van der Waals surface area contributed by atoms with Gasteiger partial charge in [0.1, 0.15) is 57.1 Å². The number of methoxy groups -OCH3 is 6. The van der Waals surface area contributed by atoms with Gasteiger partial charge >= 0.3 is 11.9 Å². The van der Waals surface area contributed by atoms with E-state index in [0.29, 0.717) is 212 Å². The number of nitrogens with zero attached hydrogens (tertiary/aromatic N) is 5. The summed E-state index contributed by atoms with van der Waals surface area (Å²) in [7, 11) is 8.53. The van der Waals surface area contributed by atoms with Gasteiger partial charge in [0.2, 0.25) is 59.1 Å². The lowest BCUT2D eigenvalue weighted by Crippen LogP contribution is -2.38. The third-order valence-corrected chi connectivity index (χ3v) is 35.5. The van der Waals surface area contributed by atoms with Crippen molar-refractivity contribution < 1.29 is 105 Å². The Morgan fingerprint density at radius 1 is 0.276 bits per heavy atom. The zero-order valence-electron chi connectivity index (χ0n) is 76.4. The maximum atomic E-state index is 13.6. The summed E-state index contributed by atoms with van der Waals surface area (Å²) in [6, 6.07) is 23.5. The number of fused-ring (bicyclic) bond motifs is 46. The summed E-state index contributed by atoms with van der Waals surface area (Å²) < 4.78 is 53.3. The van der Waals surface area contributed by atoms with Crippen molar-refractivity contribution in [3.8, 4) is 46.0 Å². The van der Waals surface area contributed by atoms with Gasteiger partial charge < -0.3 is 47.4 Å². The van der Waals surface area contributed by atoms with Gasteiger partial charge in [-0.3, -0.25) is 52.8 Å². The van der Waals surface area contributed by atoms with Crippen LogP contribution in [0.2, 0.25) is 5.02 Å². The monoisotopic (exact) mass is 1840 g/mol. The number of rotatable bonds is 19. The van der Waals surface area contributed by atoms with Crippen LogP contribution in [-0.4, -0.2) is 140 Å². The van der Waals surface area contributed by atoms with Gasteiger partial charge in [-0.05, 0) is 276 Å². The number of amides is 10. The molecule has 26 rings (SSSR count). The zero-order chi connectivity index (χ0) is 93.1. The Kier molecular flexibility index (Phi) is 21.7. The van der Waals surface area contributed by atoms with Crippen LogP contribution in [0.1, 0.15) is 99.8 Å². The average Bonchev–Trinajstić information content (AvgIpc) is 1.52. The van der Waals surface area contributed by atoms with E-state index < -0.39 is 11.9 Å². The number of hydrogen-bond acceptors (Lipinski definition) is 22. The van der Waals surface area contributed by atoms with Gasteiger partial charge in [-0.1, -0.05) is 72.4 Å². The quantitative estimate of drug-likeness (QED) is 0.0321. The molecule has 5 aromatic rings. The molecule has 0 radical (unpaired) electrons. The molecule has 0 aromatic heterocycles. The second kappa shape index (κ2) is 33.3. The maximum Gasteiger partial charge on any atom is 0.341 e. The molecule has 16 fully saturated rings. The predicted molar refractivity (Wildman–Crippen MR) is 488 cm³/mol. The molecule has 0 N–H and O–H groups in total. The Labute approximate surface area is 781 Å². The Hall–Kier alpha value is -11.9. The van der Waals surface area contributed by atoms with Crippen LogP contribution < -0.4 is 62.4 Å². The fourth-order valence-electron chi connectivity index (χ4n) is 31.0. The standard InChI is InChI=1S/C24H27NO4.C23H23NO5.C22H22ClNO4.C19H21NO4.C18H17NO5/c1-3-28-14-7-8-18(29-4-2)17(10-14)25-23(26)21-15-11-16(22(21)24(25)27)20-13-6-5-12(9-13)19(15)20;1-28-16-6-5-12(8-13(16)23(27)29-2)24-21(25)19-14-9-15(20(19)22(24)26)18-11-4-3-10(7-11)17(14)18;1-27-15-8-16(28-2)14(7-13(15)23)24-21(25)19-11-6-12(20(19)22(24)26)18-10-4-3-9(5-10)17(11)18;1-3-23-13-7-8-15(24-4-2)14(10-13)20-18(21)16-11-5-6-12(9-11)17(16)19(20)22;1-23-13-6-5-11(8-12(13)18(22)24-2)19-16(20)14-9-3-4-10(7-9)15(14)17(19)21/h5-8,10,12-13,15-16,19-22H,3-4,9,11H2,1-2H3;3-6,8,10-11,14-15,17-20H,7,9H2,1-2H3;3-4,7-12,17-20H,5-6H2,1-2H3;5-8,10-12,16-17H,3-4,9H2,1-2H3;3-6,8-10,14-15H,7H2,1-2H3. The Balaban J connectivity index is 0.0000000977. The van der Waals surface area contributed by atoms with Crippen LogP contribution in [0.15, 0.2) is 146 Å². The first-order chi connectivity index (χ1) is 64.9. The summed E-state index contributed by atoms with van der Waals surface area (Å²) in [5.74, 6) is 9.76. The van der Waals surface area contributed by atoms with Gasteiger partial charge in [0.05, 0.1) is 162 Å². The lowest BCUT2D eigenvalue weighted by molar-refractivity contribution is -0.125. The lowest BCUT2D eigenvalue weighted by Gasteiger charge is -2.36. The molecule has 5 saturated heterocycles. The number of benzene rings is 5. The van der Waals surface area contributed by atoms with E-state index in [1.807, 2.05) is 39.8 Å². The Morgan fingerprint density at radius 3 is 0.813 bits per heavy atom. The van der Waals surface area contributed by atoms with Crippen LogP contribution >= 0.6 is 11.6 Å². The molecule has 16 bridgehead atoms. The molecule has 5 aliphatic heterocycles. The van der Waals surface area contributed by atoms with Gasteiger partial charge in [0.25, 0.3) is 0 Å². The van der Waals surface area contributed by atoms with E-state index in [1.165, 1.54) is 98.6 Å². The second-order valence-electron chi connectivity index (χ2n) is 40.1. The molecule has 32 atom stereocenters. The molecule has 16 aliphatic carbocycles. The van der Waals surface area contributed by atoms with E-state index in [2.05, 4.69) is 60.8 Å². The van der Waals surface area contributed by atoms with Gasteiger partial charge in [0, 0.05) is 18.2 Å². The highest BCUT2D eigenvalue weighted by atomic mass is 35.5. The summed E-state index contributed by atoms with van der Waals surface area (Å²) in [6.45, 7) is 9.62. The largest absolute Gasteiger partial charge is 0.496 e. The van der Waals surface area contributed by atoms with E-state index in [-0.39, 0.29) is 153 Å². The molecule has 0 spiro atoms. The fraction of sp³-hybridized carbons (Fsp3) is 0.509. The number of hydrogen-bond donors (Lipinski definition) is 0. The minimum atomic E-state index is -0.574. The molecule has 698 valence electrons. The molecule has 5 heterocycles. The average molecular weight is 1840 g/mol. The molecule has 11 saturated carbocycles. The zero-order valence-corrected chi connectivity index (χ0v) is 77.2. The number of ether oxygens (including phenoxy) is 10. The smallest absolute Gasteiger partial charge is 0.341 e. The van der Waals surface area contributed by atoms with Crippen molar-refractivity contribution >= 4 is 111 Å². The molecule has 5 aromatic carbocycles. The summed E-state index contributed by atoms with van der Waals surface area (Å²) >= 11 is 6.31. The maximum absolute atomic E-state index is 13.6. The summed E-state index contributed by atoms with van der Waals surface area (Å²) in [5.41, 5.74) is 2.72. The number of esters is 2. The van der Waals surface area contributed by atoms with Crippen LogP contribution in [0.3, 0.4) is 0 Å². The number of halogens is 1. The highest BCUT2D eigenvalue weighted by Gasteiger charge is 2.75. The van der Waals surface area contributed by atoms with E-state index in [9.17, 15) is 57.5 Å². The topological polar surface area (TPSA) is 313 Å². The third kappa shape index (κ3) is 12.8. The van der Waals surface area contributed by atoms with Crippen molar-refractivity contribution in [3.63, 3.8) is 0 Å². The van der Waals surface area contributed by atoms with Gasteiger partial charge in [-0.2, -0.15) is 0 Å². The molecule has 134 heavy (non-hydrogen) atoms. The summed E-state index contributed by atoms with van der Waals surface area (Å²) in [6.07, 6.45) is 31.0. The number of carbonyl (C=O) groups is 12. The second-order valence-corrected chi connectivity index (χ2v) is 40.5. The van der Waals surface area contributed by atoms with Gasteiger partial charge in [-0.15, -0.1) is 0 Å². The molecular formula is C106H110ClN5O22. The van der Waals surface area contributed by atoms with Crippen LogP contribution in [0.25, 0.3) is 0 Å². The van der Waals surface area contributed by atoms with Crippen molar-refractivity contribution in [2.24, 2.45) is 189 Å². The minimum Gasteiger partial charge on any atom is -0.496 e. The highest BCUT2D eigenvalue weighted by molar-refractivity contribution is 6.33. The molecule has 21 aliphatic rings. The predicted octanol–water partition coefficient (Wildman–Crippen LogP) is 14.5. The Morgan fingerprint density at radius 2 is 0.530 bits per heavy atom. The SMILES string of the molecule is CCOc1ccc(OCC)c(N2C(=O)C3C4C=CC(C4)C3C2=O)c1.CCOc1ccc(OCC)c(N2C(=O)C3C4CC(C3C2=O)C2C3C=CC(C3)C42)c1.COC(=O)c1cc(N2C(=O)C3C4C=CC(C4)C3C2=O)ccc1OC.COC(=O)c1cc(N2C(=O)C3C4CC(C3C2=O)C2C3C=CC(C3)C42)ccc1OC.COc1cc(OC)c(N2C(=O)C3C4CC(C3C2=O)C2C3C=CC(C3)C42)cc1Cl. The highest BCUT2D eigenvalue weighted by Crippen LogP contribution is 2.74. The van der Waals surface area contributed by atoms with E-state index >= 15 is 0 Å². The first-order valence-electron chi connectivity index (χ1n) is 48.0. The summed E-state index contributed by atoms with van der Waals surface area (Å²) in [4.78, 5) is 163. The molecule has 10 amide bonds. The van der Waals surface area contributed by atoms with Crippen molar-refractivity contribution in [2.75, 3.05) is 93.6 Å². The van der Waals surface area contributed by atoms with Crippen LogP contribution in [0.5, 0.6) is 46.0 Å². The first-order valence-corrected chi connectivity index (χ1v) is 48.4. The van der Waals surface area contributed by atoms with E-state index in [0.717, 1.165) is 32.1 Å². The number of carbonyl (C=O) groups excluding carboxylic acids is 12. The minimum absolute atomic E-state index is 0.0210. The van der Waals surface area contributed by atoms with Crippen LogP contribution in [0.4, 0.5) is 28.4 Å². The van der Waals surface area contributed by atoms with Crippen molar-refractivity contribution in [1.82, 2.24) is 0 Å². The molecule has 27 nitrogen and oxygen atoms in total. The number of allylic oxidation sites excluding steroid dienone is 10. The van der Waals surface area contributed by atoms with Crippen LogP contribution in [-0.2, 0) is 57.4 Å². The van der Waals surface area contributed by atoms with Gasteiger partial charge in [0.15, 0.2) is 0 Å². The molecular weight excluding hydrogens is 1730 g/mol. The van der Waals surface area contributed by atoms with Crippen molar-refractivity contribution in [1.29, 1.82) is 0 Å². The molecule has 32 unspecified atom stereocenters. The third-order valence-electron chi connectivity index (χ3n) is 35.2. The van der Waals surface area contributed by atoms with E-state index in [1.54, 1.807) is 60.7 Å². The van der Waals surface area contributed by atoms with Crippen molar-refractivity contribution in [3.05, 3.63) is 162 Å². The van der Waals surface area contributed by atoms with Crippen molar-refractivity contribution in [2.45, 2.75) is 79.1 Å². The van der Waals surface area contributed by atoms with Crippen LogP contribution in [0, 0.1) is 189 Å². The lowest BCUT2D eigenvalue weighted by atomic mass is 9.65. The number of anilines is 5. The first kappa shape index (κ1) is 87.5. The summed E-state index contributed by atoms with van der Waals surface area (Å²) in [5, 5.41) is 0.359. The molecule has 28 heteroatoms. The Bertz CT molecular complexity index is 5830. The number of imide groups is 5. The fourth-order valence-corrected chi connectivity index (χ4v) is 31.3. The van der Waals surface area contributed by atoms with Gasteiger partial charge in [-0.25, -0.2) is 29.2 Å². The normalized spacial score (nSPS) is 37.1. The van der Waals surface area contributed by atoms with E-state index in [4.69, 9.17) is 59.0 Å².